The van der Waals surface area contributed by atoms with Gasteiger partial charge < -0.3 is 13.9 Å². The Bertz CT molecular complexity index is 1800. The van der Waals surface area contributed by atoms with E-state index in [4.69, 9.17) is 13.9 Å². The van der Waals surface area contributed by atoms with Gasteiger partial charge in [-0.2, -0.15) is 0 Å². The molecule has 1 aliphatic heterocycles. The van der Waals surface area contributed by atoms with Crippen molar-refractivity contribution in [2.24, 2.45) is 4.99 Å². The highest BCUT2D eigenvalue weighted by atomic mass is 32.1. The molecule has 2 aromatic carbocycles. The number of furan rings is 1. The minimum atomic E-state index is -0.723. The van der Waals surface area contributed by atoms with Crippen LogP contribution in [0.2, 0.25) is 0 Å². The second-order valence-corrected chi connectivity index (χ2v) is 9.46. The second-order valence-electron chi connectivity index (χ2n) is 8.45. The molecule has 3 heterocycles. The number of thiazole rings is 1. The van der Waals surface area contributed by atoms with Crippen LogP contribution in [0.4, 0.5) is 10.1 Å². The maximum absolute atomic E-state index is 13.6. The number of aromatic nitrogens is 1. The normalized spacial score (nSPS) is 15.1. The molecule has 0 fully saturated rings. The van der Waals surface area contributed by atoms with Crippen molar-refractivity contribution in [1.29, 1.82) is 0 Å². The van der Waals surface area contributed by atoms with Crippen molar-refractivity contribution in [1.82, 2.24) is 4.57 Å². The molecule has 0 saturated heterocycles. The third-order valence-electron chi connectivity index (χ3n) is 5.99. The monoisotopic (exact) mass is 549 g/mol. The van der Waals surface area contributed by atoms with Gasteiger partial charge in [-0.05, 0) is 30.7 Å². The first kappa shape index (κ1) is 25.8. The fourth-order valence-electron chi connectivity index (χ4n) is 4.23. The standard InChI is InChI=1S/C27H20FN3O7S/c1-15-23(26(33)36-2)24(16-6-4-3-5-7-16)30-25(32)22(39-27(30)29-15)13-18-9-10-19(38-18)14-37-21-12-17(28)8-11-20(21)31(34)35/h3-13,24H,14H2,1-2H3/b22-13+/t24-/m1/s1. The number of benzene rings is 2. The molecule has 0 aliphatic carbocycles. The van der Waals surface area contributed by atoms with E-state index in [2.05, 4.69) is 4.99 Å². The highest BCUT2D eigenvalue weighted by Gasteiger charge is 2.33. The molecule has 0 saturated carbocycles. The summed E-state index contributed by atoms with van der Waals surface area (Å²) in [6, 6.07) is 14.5. The van der Waals surface area contributed by atoms with Gasteiger partial charge in [0.15, 0.2) is 10.6 Å². The summed E-state index contributed by atoms with van der Waals surface area (Å²) in [4.78, 5) is 41.7. The summed E-state index contributed by atoms with van der Waals surface area (Å²) in [5, 5.41) is 11.2. The molecule has 0 bridgehead atoms. The summed E-state index contributed by atoms with van der Waals surface area (Å²) in [7, 11) is 1.28. The van der Waals surface area contributed by atoms with Crippen molar-refractivity contribution in [3.05, 3.63) is 125 Å². The van der Waals surface area contributed by atoms with Crippen LogP contribution in [0.5, 0.6) is 5.75 Å². The summed E-state index contributed by atoms with van der Waals surface area (Å²) in [6.07, 6.45) is 1.54. The van der Waals surface area contributed by atoms with E-state index in [-0.39, 0.29) is 29.2 Å². The quantitative estimate of drug-likeness (QED) is 0.196. The number of hydrogen-bond acceptors (Lipinski definition) is 9. The molecular weight excluding hydrogens is 529 g/mol. The van der Waals surface area contributed by atoms with Crippen LogP contribution in [0.15, 0.2) is 86.1 Å². The van der Waals surface area contributed by atoms with E-state index >= 15 is 0 Å². The van der Waals surface area contributed by atoms with E-state index in [1.807, 2.05) is 30.3 Å². The van der Waals surface area contributed by atoms with Gasteiger partial charge >= 0.3 is 11.7 Å². The molecule has 0 unspecified atom stereocenters. The van der Waals surface area contributed by atoms with E-state index in [1.54, 1.807) is 19.1 Å². The van der Waals surface area contributed by atoms with Crippen molar-refractivity contribution in [2.45, 2.75) is 19.6 Å². The Morgan fingerprint density at radius 2 is 2.00 bits per heavy atom. The number of methoxy groups -OCH3 is 1. The number of hydrogen-bond donors (Lipinski definition) is 0. The number of nitrogens with zero attached hydrogens (tertiary/aromatic N) is 3. The van der Waals surface area contributed by atoms with Crippen LogP contribution in [0.1, 0.15) is 30.0 Å². The fraction of sp³-hybridized carbons (Fsp3) is 0.148. The highest BCUT2D eigenvalue weighted by Crippen LogP contribution is 2.31. The van der Waals surface area contributed by atoms with Crippen molar-refractivity contribution in [3.63, 3.8) is 0 Å². The molecule has 2 aromatic heterocycles. The van der Waals surface area contributed by atoms with Crippen LogP contribution in [0.25, 0.3) is 6.08 Å². The summed E-state index contributed by atoms with van der Waals surface area (Å²) in [5.74, 6) is -0.852. The van der Waals surface area contributed by atoms with Gasteiger partial charge in [-0.25, -0.2) is 14.2 Å². The lowest BCUT2D eigenvalue weighted by Crippen LogP contribution is -2.39. The van der Waals surface area contributed by atoms with Crippen LogP contribution in [0.3, 0.4) is 0 Å². The summed E-state index contributed by atoms with van der Waals surface area (Å²) in [6.45, 7) is 1.50. The maximum Gasteiger partial charge on any atom is 0.338 e. The average molecular weight is 550 g/mol. The Kier molecular flexibility index (Phi) is 6.94. The predicted molar refractivity (Wildman–Crippen MR) is 138 cm³/mol. The van der Waals surface area contributed by atoms with Gasteiger partial charge in [0, 0.05) is 18.2 Å². The summed E-state index contributed by atoms with van der Waals surface area (Å²) < 4.78 is 31.5. The van der Waals surface area contributed by atoms with Gasteiger partial charge in [0.1, 0.15) is 23.9 Å². The van der Waals surface area contributed by atoms with Gasteiger partial charge in [0.25, 0.3) is 5.56 Å². The highest BCUT2D eigenvalue weighted by molar-refractivity contribution is 7.07. The maximum atomic E-state index is 13.6. The number of nitro groups is 1. The molecule has 10 nitrogen and oxygen atoms in total. The Labute approximate surface area is 223 Å². The first-order valence-electron chi connectivity index (χ1n) is 11.6. The lowest BCUT2D eigenvalue weighted by molar-refractivity contribution is -0.386. The molecule has 0 spiro atoms. The molecule has 39 heavy (non-hydrogen) atoms. The smallest absolute Gasteiger partial charge is 0.338 e. The molecular formula is C27H20FN3O7S. The predicted octanol–water partition coefficient (Wildman–Crippen LogP) is 3.63. The van der Waals surface area contributed by atoms with Gasteiger partial charge in [0.05, 0.1) is 33.9 Å². The minimum Gasteiger partial charge on any atom is -0.479 e. The zero-order valence-corrected chi connectivity index (χ0v) is 21.4. The molecule has 12 heteroatoms. The number of allylic oxidation sites excluding steroid dienone is 1. The number of ether oxygens (including phenoxy) is 2. The molecule has 0 amide bonds. The minimum absolute atomic E-state index is 0.199. The second kappa shape index (κ2) is 10.5. The fourth-order valence-corrected chi connectivity index (χ4v) is 5.25. The number of halogens is 1. The summed E-state index contributed by atoms with van der Waals surface area (Å²) >= 11 is 1.14. The third-order valence-corrected chi connectivity index (χ3v) is 6.97. The number of fused-ring (bicyclic) bond motifs is 1. The van der Waals surface area contributed by atoms with E-state index in [0.29, 0.717) is 26.6 Å². The number of esters is 1. The molecule has 0 radical (unpaired) electrons. The summed E-state index contributed by atoms with van der Waals surface area (Å²) in [5.41, 5.74) is 0.701. The van der Waals surface area contributed by atoms with Crippen molar-refractivity contribution in [2.75, 3.05) is 7.11 Å². The number of carbonyl (C=O) groups excluding carboxylic acids is 1. The molecule has 1 atom stereocenters. The Balaban J connectivity index is 1.49. The van der Waals surface area contributed by atoms with Crippen molar-refractivity contribution in [3.8, 4) is 5.75 Å². The number of rotatable bonds is 7. The number of nitro benzene ring substituents is 1. The Morgan fingerprint density at radius 1 is 1.23 bits per heavy atom. The van der Waals surface area contributed by atoms with Crippen molar-refractivity contribution >= 4 is 29.1 Å². The first-order valence-corrected chi connectivity index (χ1v) is 12.4. The van der Waals surface area contributed by atoms with Gasteiger partial charge in [-0.3, -0.25) is 19.5 Å². The largest absolute Gasteiger partial charge is 0.479 e. The van der Waals surface area contributed by atoms with Crippen LogP contribution >= 0.6 is 11.3 Å². The van der Waals surface area contributed by atoms with E-state index in [0.717, 1.165) is 35.1 Å². The average Bonchev–Trinajstić information content (AvgIpc) is 3.50. The first-order chi connectivity index (χ1) is 18.8. The van der Waals surface area contributed by atoms with Crippen molar-refractivity contribution < 1.29 is 28.0 Å². The van der Waals surface area contributed by atoms with E-state index < -0.39 is 22.8 Å². The van der Waals surface area contributed by atoms with Crippen LogP contribution < -0.4 is 19.6 Å². The molecule has 1 aliphatic rings. The van der Waals surface area contributed by atoms with Gasteiger partial charge in [0.2, 0.25) is 0 Å². The van der Waals surface area contributed by atoms with Crippen LogP contribution in [-0.4, -0.2) is 22.6 Å². The molecule has 198 valence electrons. The molecule has 0 N–H and O–H groups in total. The van der Waals surface area contributed by atoms with Crippen LogP contribution in [0, 0.1) is 15.9 Å². The molecule has 5 rings (SSSR count). The Morgan fingerprint density at radius 3 is 2.72 bits per heavy atom. The van der Waals surface area contributed by atoms with Crippen LogP contribution in [-0.2, 0) is 16.1 Å². The zero-order valence-electron chi connectivity index (χ0n) is 20.6. The SMILES string of the molecule is COC(=O)C1=C(C)N=c2s/c(=C/c3ccc(COc4cc(F)ccc4[N+](=O)[O-])o3)c(=O)n2[C@@H]1c1ccccc1. The lowest BCUT2D eigenvalue weighted by atomic mass is 9.96. The topological polar surface area (TPSA) is 126 Å². The van der Waals surface area contributed by atoms with Gasteiger partial charge in [-0.15, -0.1) is 0 Å². The van der Waals surface area contributed by atoms with E-state index in [1.165, 1.54) is 17.8 Å². The molecule has 4 aromatic rings. The number of carbonyl (C=O) groups is 1. The zero-order chi connectivity index (χ0) is 27.7. The third kappa shape index (κ3) is 5.01. The lowest BCUT2D eigenvalue weighted by Gasteiger charge is -2.24. The Hall–Kier alpha value is -4.84. The van der Waals surface area contributed by atoms with Gasteiger partial charge in [-0.1, -0.05) is 41.7 Å². The van der Waals surface area contributed by atoms with E-state index in [9.17, 15) is 24.1 Å².